The molecular weight excluding hydrogens is 372 g/mol. The van der Waals surface area contributed by atoms with Gasteiger partial charge in [0.1, 0.15) is 11.5 Å². The van der Waals surface area contributed by atoms with Crippen molar-refractivity contribution >= 4 is 42.6 Å². The number of ether oxygens (including phenoxy) is 1. The predicted molar refractivity (Wildman–Crippen MR) is 86.5 cm³/mol. The van der Waals surface area contributed by atoms with Gasteiger partial charge in [-0.2, -0.15) is 0 Å². The number of phenolic OH excluding ortho intramolecular Hbond substituents is 1. The van der Waals surface area contributed by atoms with Gasteiger partial charge in [0.25, 0.3) is 0 Å². The molecule has 0 spiro atoms. The Bertz CT molecular complexity index is 555. The van der Waals surface area contributed by atoms with E-state index >= 15 is 0 Å². The highest BCUT2D eigenvalue weighted by molar-refractivity contribution is 9.10. The van der Waals surface area contributed by atoms with Crippen LogP contribution in [-0.4, -0.2) is 17.0 Å². The number of unbranched alkanes of at least 4 members (excludes halogenated alkanes) is 2. The molecule has 0 radical (unpaired) electrons. The molecule has 0 atom stereocenters. The van der Waals surface area contributed by atoms with Crippen LogP contribution in [0.4, 0.5) is 0 Å². The first-order chi connectivity index (χ1) is 9.22. The van der Waals surface area contributed by atoms with Crippen LogP contribution in [0.25, 0.3) is 10.8 Å². The highest BCUT2D eigenvalue weighted by Crippen LogP contribution is 2.34. The molecule has 1 N–H and O–H groups in total. The summed E-state index contributed by atoms with van der Waals surface area (Å²) in [7, 11) is 0. The zero-order chi connectivity index (χ0) is 13.7. The Balaban J connectivity index is 2.07. The van der Waals surface area contributed by atoms with Crippen molar-refractivity contribution in [1.29, 1.82) is 0 Å². The summed E-state index contributed by atoms with van der Waals surface area (Å²) < 4.78 is 6.75. The van der Waals surface area contributed by atoms with Crippen molar-refractivity contribution in [3.63, 3.8) is 0 Å². The molecule has 0 unspecified atom stereocenters. The smallest absolute Gasteiger partial charge is 0.134 e. The van der Waals surface area contributed by atoms with E-state index in [2.05, 4.69) is 31.9 Å². The van der Waals surface area contributed by atoms with Crippen LogP contribution in [0.1, 0.15) is 19.3 Å². The first-order valence-electron chi connectivity index (χ1n) is 6.32. The van der Waals surface area contributed by atoms with E-state index in [1.165, 1.54) is 12.8 Å². The Kier molecular flexibility index (Phi) is 5.52. The van der Waals surface area contributed by atoms with E-state index in [4.69, 9.17) is 4.74 Å². The number of halogens is 2. The minimum Gasteiger partial charge on any atom is -0.508 e. The first kappa shape index (κ1) is 14.7. The molecule has 0 aromatic heterocycles. The van der Waals surface area contributed by atoms with Gasteiger partial charge >= 0.3 is 0 Å². The van der Waals surface area contributed by atoms with Gasteiger partial charge in [0, 0.05) is 5.33 Å². The SMILES string of the molecule is Oc1ccc2c(Br)c(OCCCCCBr)ccc2c1. The molecule has 2 aromatic carbocycles. The molecule has 2 nitrogen and oxygen atoms in total. The standard InChI is InChI=1S/C15H16Br2O2/c16-8-2-1-3-9-19-14-7-4-11-10-12(18)5-6-13(11)15(14)17/h4-7,10,18H,1-3,8-9H2. The zero-order valence-corrected chi connectivity index (χ0v) is 13.7. The lowest BCUT2D eigenvalue weighted by Crippen LogP contribution is -1.98. The number of hydrogen-bond acceptors (Lipinski definition) is 2. The van der Waals surface area contributed by atoms with Gasteiger partial charge in [-0.1, -0.05) is 22.0 Å². The third-order valence-corrected chi connectivity index (χ3v) is 4.32. The summed E-state index contributed by atoms with van der Waals surface area (Å²) in [4.78, 5) is 0. The molecule has 0 aliphatic rings. The fraction of sp³-hybridized carbons (Fsp3) is 0.333. The highest BCUT2D eigenvalue weighted by atomic mass is 79.9. The van der Waals surface area contributed by atoms with Crippen LogP contribution in [0.2, 0.25) is 0 Å². The van der Waals surface area contributed by atoms with Crippen molar-refractivity contribution in [2.75, 3.05) is 11.9 Å². The largest absolute Gasteiger partial charge is 0.508 e. The van der Waals surface area contributed by atoms with E-state index < -0.39 is 0 Å². The van der Waals surface area contributed by atoms with Gasteiger partial charge in [0.05, 0.1) is 11.1 Å². The van der Waals surface area contributed by atoms with E-state index in [-0.39, 0.29) is 5.75 Å². The highest BCUT2D eigenvalue weighted by Gasteiger charge is 2.06. The number of hydrogen-bond donors (Lipinski definition) is 1. The minimum absolute atomic E-state index is 0.280. The van der Waals surface area contributed by atoms with E-state index in [9.17, 15) is 5.11 Å². The van der Waals surface area contributed by atoms with Gasteiger partial charge in [-0.05, 0) is 70.2 Å². The summed E-state index contributed by atoms with van der Waals surface area (Å²) in [6.45, 7) is 0.731. The van der Waals surface area contributed by atoms with Crippen molar-refractivity contribution in [3.05, 3.63) is 34.8 Å². The van der Waals surface area contributed by atoms with Crippen molar-refractivity contribution in [3.8, 4) is 11.5 Å². The summed E-state index contributed by atoms with van der Waals surface area (Å²) >= 11 is 7.00. The van der Waals surface area contributed by atoms with Crippen molar-refractivity contribution in [2.24, 2.45) is 0 Å². The number of phenols is 1. The molecule has 0 bridgehead atoms. The van der Waals surface area contributed by atoms with Crippen LogP contribution in [-0.2, 0) is 0 Å². The third kappa shape index (κ3) is 3.86. The van der Waals surface area contributed by atoms with Crippen LogP contribution in [0, 0.1) is 0 Å². The Hall–Kier alpha value is -0.740. The number of benzene rings is 2. The lowest BCUT2D eigenvalue weighted by molar-refractivity contribution is 0.305. The van der Waals surface area contributed by atoms with Crippen molar-refractivity contribution < 1.29 is 9.84 Å². The Labute approximate surface area is 130 Å². The molecule has 19 heavy (non-hydrogen) atoms. The summed E-state index contributed by atoms with van der Waals surface area (Å²) in [6, 6.07) is 9.24. The topological polar surface area (TPSA) is 29.5 Å². The van der Waals surface area contributed by atoms with E-state index in [0.29, 0.717) is 0 Å². The molecule has 2 rings (SSSR count). The molecule has 0 saturated carbocycles. The van der Waals surface area contributed by atoms with Crippen LogP contribution in [0.15, 0.2) is 34.8 Å². The van der Waals surface area contributed by atoms with Gasteiger partial charge < -0.3 is 9.84 Å². The second-order valence-electron chi connectivity index (χ2n) is 4.38. The van der Waals surface area contributed by atoms with Crippen molar-refractivity contribution in [2.45, 2.75) is 19.3 Å². The second kappa shape index (κ2) is 7.15. The second-order valence-corrected chi connectivity index (χ2v) is 5.97. The van der Waals surface area contributed by atoms with Crippen LogP contribution < -0.4 is 4.74 Å². The fourth-order valence-electron chi connectivity index (χ4n) is 1.93. The molecule has 0 heterocycles. The summed E-state index contributed by atoms with van der Waals surface area (Å²) in [5, 5.41) is 12.6. The van der Waals surface area contributed by atoms with Gasteiger partial charge in [-0.25, -0.2) is 0 Å². The zero-order valence-electron chi connectivity index (χ0n) is 10.5. The monoisotopic (exact) mass is 386 g/mol. The molecule has 0 aliphatic carbocycles. The summed E-state index contributed by atoms with van der Waals surface area (Å²) in [5.41, 5.74) is 0. The van der Waals surface area contributed by atoms with Gasteiger partial charge in [0.15, 0.2) is 0 Å². The molecule has 0 aliphatic heterocycles. The minimum atomic E-state index is 0.280. The number of rotatable bonds is 6. The number of alkyl halides is 1. The maximum Gasteiger partial charge on any atom is 0.134 e. The molecule has 0 amide bonds. The first-order valence-corrected chi connectivity index (χ1v) is 8.24. The average Bonchev–Trinajstić information content (AvgIpc) is 2.41. The molecule has 2 aromatic rings. The lowest BCUT2D eigenvalue weighted by atomic mass is 10.1. The molecule has 102 valence electrons. The fourth-order valence-corrected chi connectivity index (χ4v) is 2.93. The average molecular weight is 388 g/mol. The van der Waals surface area contributed by atoms with E-state index in [1.54, 1.807) is 12.1 Å². The maximum absolute atomic E-state index is 9.46. The van der Waals surface area contributed by atoms with Gasteiger partial charge in [0.2, 0.25) is 0 Å². The third-order valence-electron chi connectivity index (χ3n) is 2.94. The lowest BCUT2D eigenvalue weighted by Gasteiger charge is -2.10. The molecule has 0 saturated heterocycles. The number of aromatic hydroxyl groups is 1. The summed E-state index contributed by atoms with van der Waals surface area (Å²) in [6.07, 6.45) is 3.41. The number of fused-ring (bicyclic) bond motifs is 1. The van der Waals surface area contributed by atoms with E-state index in [0.717, 1.165) is 39.4 Å². The molecule has 4 heteroatoms. The van der Waals surface area contributed by atoms with Crippen molar-refractivity contribution in [1.82, 2.24) is 0 Å². The van der Waals surface area contributed by atoms with Gasteiger partial charge in [-0.15, -0.1) is 0 Å². The Morgan fingerprint density at radius 1 is 1.05 bits per heavy atom. The Morgan fingerprint density at radius 2 is 1.89 bits per heavy atom. The van der Waals surface area contributed by atoms with Crippen LogP contribution in [0.5, 0.6) is 11.5 Å². The van der Waals surface area contributed by atoms with Gasteiger partial charge in [-0.3, -0.25) is 0 Å². The molecule has 0 fully saturated rings. The summed E-state index contributed by atoms with van der Waals surface area (Å²) in [5.74, 6) is 1.14. The normalized spacial score (nSPS) is 10.8. The Morgan fingerprint density at radius 3 is 2.68 bits per heavy atom. The quantitative estimate of drug-likeness (QED) is 0.541. The van der Waals surface area contributed by atoms with E-state index in [1.807, 2.05) is 18.2 Å². The van der Waals surface area contributed by atoms with Crippen LogP contribution in [0.3, 0.4) is 0 Å². The predicted octanol–water partition coefficient (Wildman–Crippen LogP) is 5.25. The molecular formula is C15H16Br2O2. The maximum atomic E-state index is 9.46. The van der Waals surface area contributed by atoms with Crippen LogP contribution >= 0.6 is 31.9 Å².